The number of likely N-dealkylation sites (tertiary alicyclic amines) is 1. The average molecular weight is 519 g/mol. The summed E-state index contributed by atoms with van der Waals surface area (Å²) in [5.74, 6) is -2.13. The van der Waals surface area contributed by atoms with Gasteiger partial charge in [-0.25, -0.2) is 0 Å². The molecule has 188 valence electrons. The first-order valence-electron chi connectivity index (χ1n) is 11.9. The molecule has 1 aromatic carbocycles. The van der Waals surface area contributed by atoms with Gasteiger partial charge in [0.05, 0.1) is 27.3 Å². The van der Waals surface area contributed by atoms with Crippen LogP contribution in [0.25, 0.3) is 0 Å². The molecule has 3 fully saturated rings. The number of esters is 1. The van der Waals surface area contributed by atoms with Crippen molar-refractivity contribution in [3.05, 3.63) is 54.1 Å². The summed E-state index contributed by atoms with van der Waals surface area (Å²) in [6.45, 7) is 9.74. The maximum atomic E-state index is 14.4. The fourth-order valence-electron chi connectivity index (χ4n) is 5.95. The van der Waals surface area contributed by atoms with Crippen molar-refractivity contribution < 1.29 is 24.2 Å². The second kappa shape index (κ2) is 10.4. The van der Waals surface area contributed by atoms with E-state index >= 15 is 0 Å². The molecule has 1 spiro atoms. The zero-order chi connectivity index (χ0) is 25.3. The molecule has 3 aliphatic rings. The van der Waals surface area contributed by atoms with Crippen LogP contribution in [0, 0.1) is 18.8 Å². The number of amides is 2. The van der Waals surface area contributed by atoms with Crippen LogP contribution in [0.15, 0.2) is 43.5 Å². The summed E-state index contributed by atoms with van der Waals surface area (Å²) in [6, 6.07) is 4.66. The van der Waals surface area contributed by atoms with Crippen molar-refractivity contribution in [1.82, 2.24) is 4.90 Å². The number of carbonyl (C=O) groups excluding carboxylic acids is 3. The molecular formula is C26H31ClN2O5S. The number of aliphatic hydroxyl groups excluding tert-OH is 1. The van der Waals surface area contributed by atoms with E-state index < -0.39 is 28.6 Å². The molecule has 4 rings (SSSR count). The van der Waals surface area contributed by atoms with Gasteiger partial charge >= 0.3 is 5.97 Å². The van der Waals surface area contributed by atoms with Gasteiger partial charge in [0, 0.05) is 24.9 Å². The highest BCUT2D eigenvalue weighted by Crippen LogP contribution is 2.66. The molecule has 0 radical (unpaired) electrons. The standard InChI is InChI=1S/C26H31ClN2O5S/c1-4-12-28(21-16(3)8-6-9-17(21)27)24(32)22-26-11-10-18(35-26)19(25(33)34-15-5-2)20(26)23(31)29(22)13-7-14-30/h4-6,8-9,18-20,22,30H,1-2,7,10-15H2,3H3/t18-,19+,20+,22?,26?/m1/s1. The van der Waals surface area contributed by atoms with E-state index in [1.165, 1.54) is 6.08 Å². The summed E-state index contributed by atoms with van der Waals surface area (Å²) in [7, 11) is 0. The third-order valence-corrected chi connectivity index (χ3v) is 9.50. The first-order chi connectivity index (χ1) is 16.8. The molecule has 35 heavy (non-hydrogen) atoms. The van der Waals surface area contributed by atoms with Crippen LogP contribution >= 0.6 is 23.4 Å². The Hall–Kier alpha value is -2.29. The van der Waals surface area contributed by atoms with E-state index in [0.29, 0.717) is 23.6 Å². The highest BCUT2D eigenvalue weighted by Gasteiger charge is 2.74. The van der Waals surface area contributed by atoms with Crippen molar-refractivity contribution in [1.29, 1.82) is 0 Å². The van der Waals surface area contributed by atoms with Crippen molar-refractivity contribution in [3.63, 3.8) is 0 Å². The lowest BCUT2D eigenvalue weighted by molar-refractivity contribution is -0.153. The normalized spacial score (nSPS) is 28.7. The van der Waals surface area contributed by atoms with Crippen LogP contribution in [0.4, 0.5) is 5.69 Å². The molecule has 2 bridgehead atoms. The molecule has 7 nitrogen and oxygen atoms in total. The number of aryl methyl sites for hydroxylation is 1. The van der Waals surface area contributed by atoms with E-state index in [9.17, 15) is 19.5 Å². The predicted molar refractivity (Wildman–Crippen MR) is 137 cm³/mol. The third-order valence-electron chi connectivity index (χ3n) is 7.24. The number of hydrogen-bond acceptors (Lipinski definition) is 6. The molecule has 3 saturated heterocycles. The lowest BCUT2D eigenvalue weighted by Crippen LogP contribution is -2.55. The number of rotatable bonds is 10. The Kier molecular flexibility index (Phi) is 7.64. The molecule has 0 aromatic heterocycles. The second-order valence-electron chi connectivity index (χ2n) is 9.23. The number of para-hydroxylation sites is 1. The average Bonchev–Trinajstić information content (AvgIpc) is 3.47. The molecule has 1 aromatic rings. The monoisotopic (exact) mass is 518 g/mol. The smallest absolute Gasteiger partial charge is 0.311 e. The lowest BCUT2D eigenvalue weighted by atomic mass is 9.71. The fourth-order valence-corrected chi connectivity index (χ4v) is 8.48. The van der Waals surface area contributed by atoms with E-state index in [2.05, 4.69) is 13.2 Å². The number of aliphatic hydroxyl groups is 1. The molecule has 2 amide bonds. The molecule has 5 atom stereocenters. The molecule has 1 N–H and O–H groups in total. The maximum Gasteiger partial charge on any atom is 0.311 e. The number of anilines is 1. The number of hydrogen-bond donors (Lipinski definition) is 1. The van der Waals surface area contributed by atoms with Gasteiger partial charge in [0.1, 0.15) is 12.6 Å². The molecule has 2 unspecified atom stereocenters. The predicted octanol–water partition coefficient (Wildman–Crippen LogP) is 3.37. The van der Waals surface area contributed by atoms with E-state index in [-0.39, 0.29) is 43.4 Å². The molecular weight excluding hydrogens is 488 g/mol. The molecule has 3 aliphatic heterocycles. The van der Waals surface area contributed by atoms with Gasteiger partial charge in [0.15, 0.2) is 0 Å². The molecule has 0 aliphatic carbocycles. The van der Waals surface area contributed by atoms with Gasteiger partial charge in [-0.15, -0.1) is 18.3 Å². The quantitative estimate of drug-likeness (QED) is 0.377. The van der Waals surface area contributed by atoms with Crippen molar-refractivity contribution in [2.24, 2.45) is 11.8 Å². The summed E-state index contributed by atoms with van der Waals surface area (Å²) in [4.78, 5) is 44.4. The van der Waals surface area contributed by atoms with Gasteiger partial charge in [-0.2, -0.15) is 0 Å². The molecule has 9 heteroatoms. The van der Waals surface area contributed by atoms with Crippen LogP contribution in [0.1, 0.15) is 24.8 Å². The third kappa shape index (κ3) is 4.19. The Balaban J connectivity index is 1.78. The van der Waals surface area contributed by atoms with Crippen LogP contribution in [0.2, 0.25) is 5.02 Å². The van der Waals surface area contributed by atoms with Crippen LogP contribution < -0.4 is 4.90 Å². The SMILES string of the molecule is C=CCOC(=O)[C@@H]1[C@H]2C(=O)N(CCCO)C(C(=O)N(CC=C)c3c(C)cccc3Cl)C23CC[C@H]1S3. The Morgan fingerprint density at radius 2 is 2.14 bits per heavy atom. The number of benzene rings is 1. The Bertz CT molecular complexity index is 1030. The van der Waals surface area contributed by atoms with Gasteiger partial charge in [-0.3, -0.25) is 14.4 Å². The maximum absolute atomic E-state index is 14.4. The van der Waals surface area contributed by atoms with Crippen molar-refractivity contribution in [2.45, 2.75) is 42.2 Å². The summed E-state index contributed by atoms with van der Waals surface area (Å²) < 4.78 is 4.64. The minimum absolute atomic E-state index is 0.0774. The highest BCUT2D eigenvalue weighted by molar-refractivity contribution is 8.02. The zero-order valence-electron chi connectivity index (χ0n) is 19.8. The van der Waals surface area contributed by atoms with Crippen LogP contribution in [-0.2, 0) is 19.1 Å². The van der Waals surface area contributed by atoms with Crippen molar-refractivity contribution >= 4 is 46.8 Å². The van der Waals surface area contributed by atoms with Gasteiger partial charge in [0.25, 0.3) is 5.91 Å². The van der Waals surface area contributed by atoms with Crippen LogP contribution in [0.5, 0.6) is 0 Å². The lowest BCUT2D eigenvalue weighted by Gasteiger charge is -2.37. The van der Waals surface area contributed by atoms with E-state index in [1.807, 2.05) is 19.1 Å². The minimum Gasteiger partial charge on any atom is -0.461 e. The largest absolute Gasteiger partial charge is 0.461 e. The first kappa shape index (κ1) is 25.8. The second-order valence-corrected chi connectivity index (χ2v) is 11.2. The number of fused-ring (bicyclic) bond motifs is 1. The summed E-state index contributed by atoms with van der Waals surface area (Å²) >= 11 is 8.12. The summed E-state index contributed by atoms with van der Waals surface area (Å²) in [5.41, 5.74) is 1.43. The number of halogens is 1. The number of thioether (sulfide) groups is 1. The highest BCUT2D eigenvalue weighted by atomic mass is 35.5. The summed E-state index contributed by atoms with van der Waals surface area (Å²) in [6.07, 6.45) is 4.86. The molecule has 0 saturated carbocycles. The van der Waals surface area contributed by atoms with Crippen molar-refractivity contribution in [3.8, 4) is 0 Å². The zero-order valence-corrected chi connectivity index (χ0v) is 21.4. The fraction of sp³-hybridized carbons (Fsp3) is 0.500. The minimum atomic E-state index is -0.783. The molecule has 3 heterocycles. The van der Waals surface area contributed by atoms with E-state index in [1.54, 1.807) is 33.7 Å². The van der Waals surface area contributed by atoms with Gasteiger partial charge < -0.3 is 19.6 Å². The number of carbonyl (C=O) groups is 3. The van der Waals surface area contributed by atoms with Gasteiger partial charge in [0.2, 0.25) is 5.91 Å². The Morgan fingerprint density at radius 3 is 2.80 bits per heavy atom. The van der Waals surface area contributed by atoms with Gasteiger partial charge in [-0.1, -0.05) is 42.5 Å². The number of ether oxygens (including phenoxy) is 1. The van der Waals surface area contributed by atoms with Crippen LogP contribution in [0.3, 0.4) is 0 Å². The van der Waals surface area contributed by atoms with E-state index in [4.69, 9.17) is 16.3 Å². The first-order valence-corrected chi connectivity index (χ1v) is 13.1. The van der Waals surface area contributed by atoms with Crippen LogP contribution in [-0.4, -0.2) is 70.1 Å². The topological polar surface area (TPSA) is 87.1 Å². The Labute approximate surface area is 215 Å². The Morgan fingerprint density at radius 1 is 1.37 bits per heavy atom. The summed E-state index contributed by atoms with van der Waals surface area (Å²) in [5, 5.41) is 9.86. The number of nitrogens with zero attached hydrogens (tertiary/aromatic N) is 2. The van der Waals surface area contributed by atoms with E-state index in [0.717, 1.165) is 12.0 Å². The van der Waals surface area contributed by atoms with Crippen molar-refractivity contribution in [2.75, 3.05) is 31.2 Å². The van der Waals surface area contributed by atoms with Gasteiger partial charge in [-0.05, 0) is 37.8 Å².